The monoisotopic (exact) mass is 440 g/mol. The fourth-order valence-corrected chi connectivity index (χ4v) is 5.29. The van der Waals surface area contributed by atoms with Gasteiger partial charge in [0.15, 0.2) is 0 Å². The van der Waals surface area contributed by atoms with Crippen LogP contribution in [0.25, 0.3) is 28.1 Å². The van der Waals surface area contributed by atoms with Crippen molar-refractivity contribution < 1.29 is 4.39 Å². The number of hydrogen-bond acceptors (Lipinski definition) is 3. The van der Waals surface area contributed by atoms with Crippen molar-refractivity contribution in [2.75, 3.05) is 18.0 Å². The van der Waals surface area contributed by atoms with E-state index in [4.69, 9.17) is 4.98 Å². The molecule has 1 saturated heterocycles. The number of rotatable bonds is 5. The van der Waals surface area contributed by atoms with Gasteiger partial charge in [-0.3, -0.25) is 9.55 Å². The third-order valence-corrected chi connectivity index (χ3v) is 7.24. The van der Waals surface area contributed by atoms with E-state index < -0.39 is 0 Å². The maximum absolute atomic E-state index is 13.6. The molecule has 0 spiro atoms. The van der Waals surface area contributed by atoms with Crippen molar-refractivity contribution in [3.63, 3.8) is 0 Å². The second-order valence-corrected chi connectivity index (χ2v) is 9.62. The summed E-state index contributed by atoms with van der Waals surface area (Å²) in [5.41, 5.74) is 5.16. The zero-order chi connectivity index (χ0) is 22.2. The van der Waals surface area contributed by atoms with Crippen molar-refractivity contribution in [2.24, 2.45) is 11.8 Å². The van der Waals surface area contributed by atoms with Crippen LogP contribution in [0.4, 0.5) is 10.1 Å². The molecular formula is C28H29FN4. The molecule has 1 aliphatic heterocycles. The van der Waals surface area contributed by atoms with Crippen LogP contribution in [0.5, 0.6) is 0 Å². The van der Waals surface area contributed by atoms with Crippen LogP contribution in [-0.4, -0.2) is 27.6 Å². The molecule has 33 heavy (non-hydrogen) atoms. The van der Waals surface area contributed by atoms with Crippen LogP contribution in [0.1, 0.15) is 38.5 Å². The van der Waals surface area contributed by atoms with Crippen LogP contribution >= 0.6 is 0 Å². The second-order valence-electron chi connectivity index (χ2n) is 9.62. The Morgan fingerprint density at radius 1 is 0.818 bits per heavy atom. The van der Waals surface area contributed by atoms with E-state index in [2.05, 4.69) is 32.7 Å². The van der Waals surface area contributed by atoms with Gasteiger partial charge in [-0.2, -0.15) is 0 Å². The molecule has 2 aromatic heterocycles. The van der Waals surface area contributed by atoms with E-state index in [1.807, 2.05) is 12.1 Å². The van der Waals surface area contributed by atoms with Gasteiger partial charge in [-0.15, -0.1) is 0 Å². The van der Waals surface area contributed by atoms with Crippen LogP contribution in [0.15, 0.2) is 67.0 Å². The van der Waals surface area contributed by atoms with Crippen LogP contribution in [0, 0.1) is 17.7 Å². The smallest absolute Gasteiger partial charge is 0.145 e. The van der Waals surface area contributed by atoms with E-state index in [1.165, 1.54) is 56.3 Å². The van der Waals surface area contributed by atoms with E-state index in [0.717, 1.165) is 53.0 Å². The Balaban J connectivity index is 1.39. The van der Waals surface area contributed by atoms with Crippen LogP contribution in [0.2, 0.25) is 0 Å². The van der Waals surface area contributed by atoms with Crippen molar-refractivity contribution in [1.29, 1.82) is 0 Å². The summed E-state index contributed by atoms with van der Waals surface area (Å²) in [5, 5.41) is 0. The minimum absolute atomic E-state index is 0.242. The molecule has 2 aliphatic rings. The number of imidazole rings is 1. The first kappa shape index (κ1) is 20.4. The van der Waals surface area contributed by atoms with Crippen molar-refractivity contribution in [3.8, 4) is 17.1 Å². The van der Waals surface area contributed by atoms with Crippen molar-refractivity contribution in [1.82, 2.24) is 14.5 Å². The average molecular weight is 441 g/mol. The molecule has 0 bridgehead atoms. The number of anilines is 1. The summed E-state index contributed by atoms with van der Waals surface area (Å²) < 4.78 is 15.8. The zero-order valence-electron chi connectivity index (χ0n) is 18.8. The summed E-state index contributed by atoms with van der Waals surface area (Å²) >= 11 is 0. The van der Waals surface area contributed by atoms with Gasteiger partial charge >= 0.3 is 0 Å². The van der Waals surface area contributed by atoms with Crippen LogP contribution < -0.4 is 4.90 Å². The Labute approximate surface area is 194 Å². The summed E-state index contributed by atoms with van der Waals surface area (Å²) in [6.07, 6.45) is 11.8. The number of hydrogen-bond donors (Lipinski definition) is 0. The van der Waals surface area contributed by atoms with Crippen molar-refractivity contribution >= 4 is 16.7 Å². The fraction of sp³-hybridized carbons (Fsp3) is 0.357. The van der Waals surface area contributed by atoms with Gasteiger partial charge in [-0.25, -0.2) is 9.37 Å². The Hall–Kier alpha value is -3.21. The lowest BCUT2D eigenvalue weighted by Gasteiger charge is -2.23. The molecule has 2 aromatic carbocycles. The van der Waals surface area contributed by atoms with Gasteiger partial charge in [0, 0.05) is 36.7 Å². The molecule has 3 heterocycles. The van der Waals surface area contributed by atoms with E-state index >= 15 is 0 Å². The maximum atomic E-state index is 13.6. The molecule has 0 N–H and O–H groups in total. The van der Waals surface area contributed by atoms with Gasteiger partial charge in [0.2, 0.25) is 0 Å². The average Bonchev–Trinajstić information content (AvgIpc) is 3.63. The van der Waals surface area contributed by atoms with Crippen molar-refractivity contribution in [3.05, 3.63) is 72.8 Å². The largest absolute Gasteiger partial charge is 0.371 e. The number of aromatic nitrogens is 3. The third-order valence-electron chi connectivity index (χ3n) is 7.24. The number of fused-ring (bicyclic) bond motifs is 1. The Morgan fingerprint density at radius 3 is 2.39 bits per heavy atom. The number of pyridine rings is 1. The molecule has 1 saturated carbocycles. The number of halogens is 1. The SMILES string of the molecule is Fc1ccc(-c2nc3ccc(N4CCCC(CC5CC5)CC4)cc3n2-c2ccncc2)cc1. The molecule has 5 heteroatoms. The maximum Gasteiger partial charge on any atom is 0.145 e. The van der Waals surface area contributed by atoms with Gasteiger partial charge in [0.1, 0.15) is 11.6 Å². The van der Waals surface area contributed by atoms with Gasteiger partial charge < -0.3 is 4.90 Å². The predicted molar refractivity (Wildman–Crippen MR) is 131 cm³/mol. The molecule has 0 amide bonds. The minimum Gasteiger partial charge on any atom is -0.371 e. The first-order valence-electron chi connectivity index (χ1n) is 12.2. The normalized spacial score (nSPS) is 19.1. The highest BCUT2D eigenvalue weighted by Gasteiger charge is 2.27. The summed E-state index contributed by atoms with van der Waals surface area (Å²) in [4.78, 5) is 11.7. The van der Waals surface area contributed by atoms with Gasteiger partial charge in [-0.05, 0) is 92.1 Å². The Morgan fingerprint density at radius 2 is 1.61 bits per heavy atom. The first-order valence-corrected chi connectivity index (χ1v) is 12.2. The molecule has 6 rings (SSSR count). The molecule has 4 nitrogen and oxygen atoms in total. The van der Waals surface area contributed by atoms with Gasteiger partial charge in [0.25, 0.3) is 0 Å². The summed E-state index contributed by atoms with van der Waals surface area (Å²) in [5.74, 6) is 2.47. The van der Waals surface area contributed by atoms with Crippen LogP contribution in [0.3, 0.4) is 0 Å². The highest BCUT2D eigenvalue weighted by molar-refractivity contribution is 5.86. The van der Waals surface area contributed by atoms with E-state index in [1.54, 1.807) is 24.5 Å². The molecular weight excluding hydrogens is 411 g/mol. The molecule has 168 valence electrons. The van der Waals surface area contributed by atoms with E-state index in [0.29, 0.717) is 0 Å². The van der Waals surface area contributed by atoms with E-state index in [-0.39, 0.29) is 5.82 Å². The molecule has 1 unspecified atom stereocenters. The highest BCUT2D eigenvalue weighted by Crippen LogP contribution is 2.39. The van der Waals surface area contributed by atoms with E-state index in [9.17, 15) is 4.39 Å². The number of nitrogens with zero attached hydrogens (tertiary/aromatic N) is 4. The Bertz CT molecular complexity index is 1240. The molecule has 1 aliphatic carbocycles. The molecule has 1 atom stereocenters. The third kappa shape index (κ3) is 4.24. The minimum atomic E-state index is -0.242. The zero-order valence-corrected chi connectivity index (χ0v) is 18.8. The summed E-state index contributed by atoms with van der Waals surface area (Å²) in [6, 6.07) is 17.2. The predicted octanol–water partition coefficient (Wildman–Crippen LogP) is 6.63. The molecule has 4 aromatic rings. The lowest BCUT2D eigenvalue weighted by molar-refractivity contribution is 0.416. The Kier molecular flexibility index (Phi) is 5.33. The molecule has 2 fully saturated rings. The summed E-state index contributed by atoms with van der Waals surface area (Å²) in [7, 11) is 0. The fourth-order valence-electron chi connectivity index (χ4n) is 5.29. The van der Waals surface area contributed by atoms with Crippen molar-refractivity contribution in [2.45, 2.75) is 38.5 Å². The standard InChI is InChI=1S/C28H29FN4/c29-23-7-5-22(6-8-23)28-31-26-10-9-25(19-27(26)33(28)24-11-14-30-15-12-24)32-16-1-2-20(13-17-32)18-21-3-4-21/h5-12,14-15,19-21H,1-4,13,16-18H2. The van der Waals surface area contributed by atoms with Crippen LogP contribution in [-0.2, 0) is 0 Å². The highest BCUT2D eigenvalue weighted by atomic mass is 19.1. The molecule has 0 radical (unpaired) electrons. The van der Waals surface area contributed by atoms with Gasteiger partial charge in [-0.1, -0.05) is 12.8 Å². The number of benzene rings is 2. The quantitative estimate of drug-likeness (QED) is 0.349. The first-order chi connectivity index (χ1) is 16.2. The van der Waals surface area contributed by atoms with Gasteiger partial charge in [0.05, 0.1) is 16.7 Å². The lowest BCUT2D eigenvalue weighted by Crippen LogP contribution is -2.24. The summed E-state index contributed by atoms with van der Waals surface area (Å²) in [6.45, 7) is 2.23. The second kappa shape index (κ2) is 8.62. The lowest BCUT2D eigenvalue weighted by atomic mass is 9.94. The topological polar surface area (TPSA) is 34.0 Å².